The third-order valence-corrected chi connectivity index (χ3v) is 8.20. The smallest absolute Gasteiger partial charge is 0.243 e. The lowest BCUT2D eigenvalue weighted by Crippen LogP contribution is -2.43. The first-order valence-corrected chi connectivity index (χ1v) is 12.5. The SMILES string of the molecule is CCOc1ccc(S(=O)(=O)N2CCC(C(=O)NCCC3CCN(C)CC3)CC2)cc1. The number of sulfonamides is 1. The van der Waals surface area contributed by atoms with Gasteiger partial charge in [0.1, 0.15) is 5.75 Å². The molecular formula is C22H35N3O4S. The van der Waals surface area contributed by atoms with Gasteiger partial charge in [-0.25, -0.2) is 8.42 Å². The number of ether oxygens (including phenoxy) is 1. The number of benzene rings is 1. The van der Waals surface area contributed by atoms with Crippen LogP contribution >= 0.6 is 0 Å². The van der Waals surface area contributed by atoms with Gasteiger partial charge < -0.3 is 15.0 Å². The van der Waals surface area contributed by atoms with E-state index in [0.717, 1.165) is 26.1 Å². The molecule has 2 aliphatic rings. The summed E-state index contributed by atoms with van der Waals surface area (Å²) in [6.07, 6.45) is 4.57. The minimum absolute atomic E-state index is 0.0704. The Hall–Kier alpha value is -1.64. The van der Waals surface area contributed by atoms with E-state index in [1.54, 1.807) is 24.3 Å². The lowest BCUT2D eigenvalue weighted by molar-refractivity contribution is -0.126. The van der Waals surface area contributed by atoms with Crippen LogP contribution < -0.4 is 10.1 Å². The van der Waals surface area contributed by atoms with Gasteiger partial charge >= 0.3 is 0 Å². The Morgan fingerprint density at radius 3 is 2.30 bits per heavy atom. The maximum absolute atomic E-state index is 12.9. The van der Waals surface area contributed by atoms with Crippen LogP contribution in [0.4, 0.5) is 0 Å². The zero-order valence-electron chi connectivity index (χ0n) is 18.2. The van der Waals surface area contributed by atoms with E-state index in [9.17, 15) is 13.2 Å². The van der Waals surface area contributed by atoms with Crippen molar-refractivity contribution in [2.45, 2.75) is 43.9 Å². The minimum atomic E-state index is -3.54. The molecule has 0 aromatic heterocycles. The number of carbonyl (C=O) groups excluding carboxylic acids is 1. The largest absolute Gasteiger partial charge is 0.494 e. The van der Waals surface area contributed by atoms with Crippen LogP contribution in [-0.2, 0) is 14.8 Å². The van der Waals surface area contributed by atoms with E-state index in [1.807, 2.05) is 6.92 Å². The van der Waals surface area contributed by atoms with Crippen molar-refractivity contribution in [3.63, 3.8) is 0 Å². The fourth-order valence-corrected chi connectivity index (χ4v) is 5.75. The van der Waals surface area contributed by atoms with Gasteiger partial charge in [0, 0.05) is 25.6 Å². The van der Waals surface area contributed by atoms with Crippen LogP contribution in [0.3, 0.4) is 0 Å². The van der Waals surface area contributed by atoms with Gasteiger partial charge in [-0.15, -0.1) is 0 Å². The van der Waals surface area contributed by atoms with Crippen molar-refractivity contribution in [1.29, 1.82) is 0 Å². The number of nitrogens with zero attached hydrogens (tertiary/aromatic N) is 2. The second-order valence-electron chi connectivity index (χ2n) is 8.41. The van der Waals surface area contributed by atoms with E-state index in [-0.39, 0.29) is 16.7 Å². The molecule has 1 aromatic carbocycles. The first kappa shape index (κ1) is 23.0. The third kappa shape index (κ3) is 5.95. The summed E-state index contributed by atoms with van der Waals surface area (Å²) in [6, 6.07) is 6.53. The minimum Gasteiger partial charge on any atom is -0.494 e. The first-order chi connectivity index (χ1) is 14.4. The molecule has 2 heterocycles. The quantitative estimate of drug-likeness (QED) is 0.675. The predicted octanol–water partition coefficient (Wildman–Crippen LogP) is 2.33. The number of hydrogen-bond donors (Lipinski definition) is 1. The predicted molar refractivity (Wildman–Crippen MR) is 117 cm³/mol. The molecule has 1 N–H and O–H groups in total. The summed E-state index contributed by atoms with van der Waals surface area (Å²) in [5.41, 5.74) is 0. The van der Waals surface area contributed by atoms with Crippen LogP contribution in [0.1, 0.15) is 39.0 Å². The van der Waals surface area contributed by atoms with Crippen LogP contribution in [0.2, 0.25) is 0 Å². The number of hydrogen-bond acceptors (Lipinski definition) is 5. The van der Waals surface area contributed by atoms with Gasteiger partial charge in [-0.3, -0.25) is 4.79 Å². The average Bonchev–Trinajstić information content (AvgIpc) is 2.76. The Bertz CT molecular complexity index is 781. The number of rotatable bonds is 8. The molecule has 0 radical (unpaired) electrons. The Morgan fingerprint density at radius 2 is 1.70 bits per heavy atom. The molecular weight excluding hydrogens is 402 g/mol. The molecule has 0 bridgehead atoms. The summed E-state index contributed by atoms with van der Waals surface area (Å²) >= 11 is 0. The molecule has 3 rings (SSSR count). The normalized spacial score (nSPS) is 20.2. The van der Waals surface area contributed by atoms with Crippen molar-refractivity contribution < 1.29 is 17.9 Å². The number of carbonyl (C=O) groups is 1. The zero-order chi connectivity index (χ0) is 21.6. The lowest BCUT2D eigenvalue weighted by atomic mass is 9.93. The molecule has 1 aromatic rings. The fourth-order valence-electron chi connectivity index (χ4n) is 4.28. The molecule has 0 unspecified atom stereocenters. The molecule has 30 heavy (non-hydrogen) atoms. The van der Waals surface area contributed by atoms with Crippen molar-refractivity contribution in [1.82, 2.24) is 14.5 Å². The number of nitrogens with one attached hydrogen (secondary N) is 1. The molecule has 0 atom stereocenters. The number of piperidine rings is 2. The maximum atomic E-state index is 12.9. The summed E-state index contributed by atoms with van der Waals surface area (Å²) in [5, 5.41) is 3.08. The molecule has 2 saturated heterocycles. The standard InChI is InChI=1S/C22H35N3O4S/c1-3-29-20-4-6-21(7-5-20)30(27,28)25-16-11-19(12-17-25)22(26)23-13-8-18-9-14-24(2)15-10-18/h4-7,18-19H,3,8-17H2,1-2H3,(H,23,26). The molecule has 168 valence electrons. The van der Waals surface area contributed by atoms with Gasteiger partial charge in [0.2, 0.25) is 15.9 Å². The fraction of sp³-hybridized carbons (Fsp3) is 0.682. The molecule has 0 spiro atoms. The Labute approximate surface area is 180 Å². The van der Waals surface area contributed by atoms with E-state index in [4.69, 9.17) is 4.74 Å². The lowest BCUT2D eigenvalue weighted by Gasteiger charge is -2.31. The molecule has 8 heteroatoms. The van der Waals surface area contributed by atoms with E-state index in [0.29, 0.717) is 44.2 Å². The number of likely N-dealkylation sites (tertiary alicyclic amines) is 1. The summed E-state index contributed by atoms with van der Waals surface area (Å²) in [4.78, 5) is 15.1. The van der Waals surface area contributed by atoms with Gasteiger partial charge in [0.25, 0.3) is 0 Å². The maximum Gasteiger partial charge on any atom is 0.243 e. The third-order valence-electron chi connectivity index (χ3n) is 6.29. The van der Waals surface area contributed by atoms with Crippen molar-refractivity contribution in [3.8, 4) is 5.75 Å². The van der Waals surface area contributed by atoms with Gasteiger partial charge in [-0.1, -0.05) is 0 Å². The highest BCUT2D eigenvalue weighted by molar-refractivity contribution is 7.89. The van der Waals surface area contributed by atoms with Crippen LogP contribution in [0.15, 0.2) is 29.2 Å². The summed E-state index contributed by atoms with van der Waals surface area (Å²) in [6.45, 7) is 6.18. The summed E-state index contributed by atoms with van der Waals surface area (Å²) < 4.78 is 32.6. The summed E-state index contributed by atoms with van der Waals surface area (Å²) in [7, 11) is -1.38. The van der Waals surface area contributed by atoms with E-state index in [2.05, 4.69) is 17.3 Å². The summed E-state index contributed by atoms with van der Waals surface area (Å²) in [5.74, 6) is 1.32. The molecule has 1 amide bonds. The first-order valence-electron chi connectivity index (χ1n) is 11.1. The van der Waals surface area contributed by atoms with E-state index in [1.165, 1.54) is 17.1 Å². The second kappa shape index (κ2) is 10.6. The Morgan fingerprint density at radius 1 is 1.07 bits per heavy atom. The van der Waals surface area contributed by atoms with E-state index >= 15 is 0 Å². The molecule has 0 saturated carbocycles. The topological polar surface area (TPSA) is 79.0 Å². The zero-order valence-corrected chi connectivity index (χ0v) is 19.0. The van der Waals surface area contributed by atoms with Gasteiger partial charge in [0.05, 0.1) is 11.5 Å². The molecule has 7 nitrogen and oxygen atoms in total. The van der Waals surface area contributed by atoms with Crippen molar-refractivity contribution >= 4 is 15.9 Å². The highest BCUT2D eigenvalue weighted by Gasteiger charge is 2.32. The molecule has 2 fully saturated rings. The van der Waals surface area contributed by atoms with Crippen LogP contribution in [0.25, 0.3) is 0 Å². The Kier molecular flexibility index (Phi) is 8.13. The highest BCUT2D eigenvalue weighted by atomic mass is 32.2. The van der Waals surface area contributed by atoms with Crippen LogP contribution in [-0.4, -0.2) is 69.9 Å². The van der Waals surface area contributed by atoms with Crippen LogP contribution in [0.5, 0.6) is 5.75 Å². The second-order valence-corrected chi connectivity index (χ2v) is 10.3. The Balaban J connectivity index is 1.43. The van der Waals surface area contributed by atoms with Crippen molar-refractivity contribution in [2.24, 2.45) is 11.8 Å². The van der Waals surface area contributed by atoms with Gasteiger partial charge in [0.15, 0.2) is 0 Å². The van der Waals surface area contributed by atoms with Crippen molar-refractivity contribution in [2.75, 3.05) is 46.4 Å². The van der Waals surface area contributed by atoms with Crippen LogP contribution in [0, 0.1) is 11.8 Å². The monoisotopic (exact) mass is 437 g/mol. The molecule has 2 aliphatic heterocycles. The van der Waals surface area contributed by atoms with Gasteiger partial charge in [-0.05, 0) is 89.3 Å². The van der Waals surface area contributed by atoms with Crippen molar-refractivity contribution in [3.05, 3.63) is 24.3 Å². The average molecular weight is 438 g/mol. The van der Waals surface area contributed by atoms with Gasteiger partial charge in [-0.2, -0.15) is 4.31 Å². The molecule has 0 aliphatic carbocycles. The highest BCUT2D eigenvalue weighted by Crippen LogP contribution is 2.25. The number of amides is 1. The van der Waals surface area contributed by atoms with E-state index < -0.39 is 10.0 Å².